The Bertz CT molecular complexity index is 465. The Morgan fingerprint density at radius 3 is 2.85 bits per heavy atom. The third-order valence-corrected chi connectivity index (χ3v) is 5.38. The Morgan fingerprint density at radius 2 is 2.35 bits per heavy atom. The van der Waals surface area contributed by atoms with Gasteiger partial charge >= 0.3 is 0 Å². The third-order valence-electron chi connectivity index (χ3n) is 4.68. The molecule has 1 saturated carbocycles. The number of ether oxygens (including phenoxy) is 1. The topological polar surface area (TPSA) is 41.6 Å². The van der Waals surface area contributed by atoms with E-state index in [2.05, 4.69) is 29.1 Å². The van der Waals surface area contributed by atoms with Crippen molar-refractivity contribution in [1.29, 1.82) is 0 Å². The maximum absolute atomic E-state index is 12.6. The van der Waals surface area contributed by atoms with Gasteiger partial charge in [-0.2, -0.15) is 11.3 Å². The number of hydrogen-bond acceptors (Lipinski definition) is 4. The number of carbonyl (C=O) groups excluding carboxylic acids is 1. The van der Waals surface area contributed by atoms with E-state index >= 15 is 0 Å². The minimum Gasteiger partial charge on any atom is -0.376 e. The summed E-state index contributed by atoms with van der Waals surface area (Å²) in [5.41, 5.74) is 1.07. The van der Waals surface area contributed by atoms with Crippen LogP contribution in [0.5, 0.6) is 0 Å². The Morgan fingerprint density at radius 1 is 1.55 bits per heavy atom. The highest BCUT2D eigenvalue weighted by Gasteiger charge is 2.46. The number of thiophene rings is 1. The molecule has 1 aliphatic carbocycles. The van der Waals surface area contributed by atoms with Gasteiger partial charge in [-0.1, -0.05) is 6.92 Å². The van der Waals surface area contributed by atoms with Gasteiger partial charge in [0.1, 0.15) is 6.17 Å². The summed E-state index contributed by atoms with van der Waals surface area (Å²) >= 11 is 1.67. The lowest BCUT2D eigenvalue weighted by Crippen LogP contribution is -2.51. The van der Waals surface area contributed by atoms with Crippen LogP contribution in [-0.4, -0.2) is 36.1 Å². The van der Waals surface area contributed by atoms with Gasteiger partial charge in [0, 0.05) is 7.11 Å². The average molecular weight is 294 g/mol. The second-order valence-corrected chi connectivity index (χ2v) is 6.57. The van der Waals surface area contributed by atoms with E-state index in [-0.39, 0.29) is 23.7 Å². The molecular weight excluding hydrogens is 272 g/mol. The molecule has 1 saturated heterocycles. The average Bonchev–Trinajstić information content (AvgIpc) is 3.02. The van der Waals surface area contributed by atoms with Crippen molar-refractivity contribution in [2.75, 3.05) is 13.7 Å². The molecule has 0 spiro atoms. The van der Waals surface area contributed by atoms with Crippen molar-refractivity contribution < 1.29 is 9.53 Å². The number of nitrogens with one attached hydrogen (secondary N) is 1. The van der Waals surface area contributed by atoms with Crippen molar-refractivity contribution in [2.45, 2.75) is 50.4 Å². The first-order chi connectivity index (χ1) is 9.69. The minimum atomic E-state index is -0.117. The smallest absolute Gasteiger partial charge is 0.241 e. The molecule has 1 aromatic rings. The van der Waals surface area contributed by atoms with Crippen molar-refractivity contribution in [2.24, 2.45) is 0 Å². The van der Waals surface area contributed by atoms with Crippen LogP contribution >= 0.6 is 11.3 Å². The van der Waals surface area contributed by atoms with Crippen LogP contribution in [0.2, 0.25) is 0 Å². The molecule has 1 aromatic heterocycles. The molecule has 0 aromatic carbocycles. The van der Waals surface area contributed by atoms with Crippen molar-refractivity contribution >= 4 is 17.2 Å². The fourth-order valence-electron chi connectivity index (χ4n) is 3.16. The maximum atomic E-state index is 12.6. The number of methoxy groups -OCH3 is 1. The number of carbonyl (C=O) groups is 1. The molecule has 3 rings (SSSR count). The van der Waals surface area contributed by atoms with Crippen molar-refractivity contribution in [3.05, 3.63) is 22.4 Å². The molecular formula is C15H22N2O2S. The molecule has 110 valence electrons. The molecule has 1 amide bonds. The van der Waals surface area contributed by atoms with E-state index in [1.54, 1.807) is 18.4 Å². The Balaban J connectivity index is 1.82. The van der Waals surface area contributed by atoms with Gasteiger partial charge in [-0.3, -0.25) is 10.1 Å². The fourth-order valence-corrected chi connectivity index (χ4v) is 3.83. The Kier molecular flexibility index (Phi) is 3.84. The minimum absolute atomic E-state index is 0.00586. The Hall–Kier alpha value is -0.910. The lowest BCUT2D eigenvalue weighted by Gasteiger charge is -2.44. The normalized spacial score (nSPS) is 28.7. The van der Waals surface area contributed by atoms with E-state index in [1.165, 1.54) is 12.0 Å². The van der Waals surface area contributed by atoms with Crippen LogP contribution in [0.3, 0.4) is 0 Å². The molecule has 2 heterocycles. The number of amides is 1. The van der Waals surface area contributed by atoms with Gasteiger partial charge in [0.15, 0.2) is 0 Å². The number of hydrogen-bond donors (Lipinski definition) is 1. The summed E-state index contributed by atoms with van der Waals surface area (Å²) < 4.78 is 5.70. The monoisotopic (exact) mass is 294 g/mol. The van der Waals surface area contributed by atoms with Gasteiger partial charge in [0.05, 0.1) is 18.2 Å². The predicted molar refractivity (Wildman–Crippen MR) is 79.6 cm³/mol. The number of rotatable bonds is 5. The van der Waals surface area contributed by atoms with Crippen molar-refractivity contribution in [3.63, 3.8) is 0 Å². The van der Waals surface area contributed by atoms with Crippen molar-refractivity contribution in [3.8, 4) is 0 Å². The molecule has 2 unspecified atom stereocenters. The quantitative estimate of drug-likeness (QED) is 0.907. The molecule has 1 aliphatic heterocycles. The van der Waals surface area contributed by atoms with Gasteiger partial charge in [-0.25, -0.2) is 0 Å². The number of nitrogens with zero attached hydrogens (tertiary/aromatic N) is 1. The van der Waals surface area contributed by atoms with Crippen LogP contribution in [0.25, 0.3) is 0 Å². The van der Waals surface area contributed by atoms with E-state index in [4.69, 9.17) is 4.74 Å². The summed E-state index contributed by atoms with van der Waals surface area (Å²) in [6.07, 6.45) is 4.15. The van der Waals surface area contributed by atoms with Gasteiger partial charge in [-0.05, 0) is 48.1 Å². The highest BCUT2D eigenvalue weighted by atomic mass is 32.1. The van der Waals surface area contributed by atoms with Crippen LogP contribution in [-0.2, 0) is 9.53 Å². The molecule has 4 nitrogen and oxygen atoms in total. The van der Waals surface area contributed by atoms with Crippen LogP contribution in [0, 0.1) is 0 Å². The molecule has 2 aliphatic rings. The zero-order chi connectivity index (χ0) is 14.2. The Labute approximate surface area is 124 Å². The van der Waals surface area contributed by atoms with Gasteiger partial charge in [0.2, 0.25) is 5.91 Å². The zero-order valence-corrected chi connectivity index (χ0v) is 12.9. The van der Waals surface area contributed by atoms with E-state index in [0.29, 0.717) is 6.54 Å². The molecule has 1 N–H and O–H groups in total. The van der Waals surface area contributed by atoms with E-state index in [0.717, 1.165) is 19.3 Å². The van der Waals surface area contributed by atoms with E-state index in [1.807, 2.05) is 4.90 Å². The van der Waals surface area contributed by atoms with E-state index < -0.39 is 0 Å². The van der Waals surface area contributed by atoms with Crippen molar-refractivity contribution in [1.82, 2.24) is 10.2 Å². The summed E-state index contributed by atoms with van der Waals surface area (Å²) in [5, 5.41) is 7.65. The van der Waals surface area contributed by atoms with E-state index in [9.17, 15) is 4.79 Å². The summed E-state index contributed by atoms with van der Waals surface area (Å²) in [5.74, 6) is 0.215. The molecule has 0 bridgehead atoms. The van der Waals surface area contributed by atoms with Crippen LogP contribution in [0.15, 0.2) is 16.8 Å². The third kappa shape index (κ3) is 2.28. The lowest BCUT2D eigenvalue weighted by atomic mass is 9.79. The standard InChI is InChI=1S/C15H22N2O2S/c1-3-12-14(18)17(10-15(19-2)6-4-7-15)13(16-12)11-5-8-20-9-11/h5,8-9,12-13,16H,3-4,6-7,10H2,1-2H3. The molecule has 20 heavy (non-hydrogen) atoms. The summed E-state index contributed by atoms with van der Waals surface area (Å²) in [6.45, 7) is 2.76. The second kappa shape index (κ2) is 5.47. The van der Waals surface area contributed by atoms with Gasteiger partial charge in [0.25, 0.3) is 0 Å². The van der Waals surface area contributed by atoms with Gasteiger partial charge in [-0.15, -0.1) is 0 Å². The summed E-state index contributed by atoms with van der Waals surface area (Å²) in [7, 11) is 1.77. The largest absolute Gasteiger partial charge is 0.376 e. The summed E-state index contributed by atoms with van der Waals surface area (Å²) in [6, 6.07) is 2.04. The predicted octanol–water partition coefficient (Wildman–Crippen LogP) is 2.53. The molecule has 5 heteroatoms. The highest BCUT2D eigenvalue weighted by molar-refractivity contribution is 7.07. The first-order valence-electron chi connectivity index (χ1n) is 7.33. The van der Waals surface area contributed by atoms with Crippen LogP contribution < -0.4 is 5.32 Å². The summed E-state index contributed by atoms with van der Waals surface area (Å²) in [4.78, 5) is 14.6. The maximum Gasteiger partial charge on any atom is 0.241 e. The molecule has 0 radical (unpaired) electrons. The first-order valence-corrected chi connectivity index (χ1v) is 8.27. The highest BCUT2D eigenvalue weighted by Crippen LogP contribution is 2.39. The van der Waals surface area contributed by atoms with Gasteiger partial charge < -0.3 is 9.64 Å². The lowest BCUT2D eigenvalue weighted by molar-refractivity contribution is -0.140. The van der Waals surface area contributed by atoms with Crippen LogP contribution in [0.1, 0.15) is 44.3 Å². The molecule has 2 fully saturated rings. The van der Waals surface area contributed by atoms with Crippen LogP contribution in [0.4, 0.5) is 0 Å². The fraction of sp³-hybridized carbons (Fsp3) is 0.667. The zero-order valence-electron chi connectivity index (χ0n) is 12.1. The first kappa shape index (κ1) is 14.0. The SMILES string of the molecule is CCC1NC(c2ccsc2)N(CC2(OC)CCC2)C1=O. The second-order valence-electron chi connectivity index (χ2n) is 5.79. The molecule has 2 atom stereocenters.